The molecular formula is C13H24N2O4. The van der Waals surface area contributed by atoms with Gasteiger partial charge >= 0.3 is 5.97 Å². The number of carbonyl (C=O) groups is 2. The van der Waals surface area contributed by atoms with Crippen molar-refractivity contribution >= 4 is 11.9 Å². The smallest absolute Gasteiger partial charge is 0.303 e. The van der Waals surface area contributed by atoms with Crippen LogP contribution < -0.4 is 11.1 Å². The van der Waals surface area contributed by atoms with Crippen LogP contribution in [0.4, 0.5) is 0 Å². The number of carbonyl (C=O) groups excluding carboxylic acids is 1. The summed E-state index contributed by atoms with van der Waals surface area (Å²) in [6.07, 6.45) is 5.16. The van der Waals surface area contributed by atoms with Crippen LogP contribution in [0.25, 0.3) is 0 Å². The van der Waals surface area contributed by atoms with Gasteiger partial charge in [0, 0.05) is 18.4 Å². The SMILES string of the molecule is NC(CCC(=O)O)C(=O)NCC1(CO)CCCCC1. The lowest BCUT2D eigenvalue weighted by Crippen LogP contribution is -2.47. The quantitative estimate of drug-likeness (QED) is 0.530. The molecular weight excluding hydrogens is 248 g/mol. The van der Waals surface area contributed by atoms with Gasteiger partial charge in [0.25, 0.3) is 0 Å². The maximum absolute atomic E-state index is 11.7. The van der Waals surface area contributed by atoms with Crippen molar-refractivity contribution < 1.29 is 19.8 Å². The molecule has 1 atom stereocenters. The Morgan fingerprint density at radius 2 is 1.89 bits per heavy atom. The molecule has 0 saturated heterocycles. The highest BCUT2D eigenvalue weighted by molar-refractivity contribution is 5.82. The van der Waals surface area contributed by atoms with Gasteiger partial charge in [-0.05, 0) is 19.3 Å². The van der Waals surface area contributed by atoms with E-state index in [1.807, 2.05) is 0 Å². The first kappa shape index (κ1) is 15.9. The third-order valence-corrected chi connectivity index (χ3v) is 3.89. The Bertz CT molecular complexity index is 314. The molecule has 1 aliphatic rings. The van der Waals surface area contributed by atoms with Crippen molar-refractivity contribution in [2.45, 2.75) is 51.0 Å². The summed E-state index contributed by atoms with van der Waals surface area (Å²) < 4.78 is 0. The summed E-state index contributed by atoms with van der Waals surface area (Å²) in [4.78, 5) is 22.2. The van der Waals surface area contributed by atoms with Gasteiger partial charge in [-0.1, -0.05) is 19.3 Å². The number of aliphatic hydroxyl groups excluding tert-OH is 1. The number of hydrogen-bond donors (Lipinski definition) is 4. The van der Waals surface area contributed by atoms with Crippen LogP contribution in [0.3, 0.4) is 0 Å². The first-order chi connectivity index (χ1) is 8.99. The molecule has 1 amide bonds. The van der Waals surface area contributed by atoms with E-state index in [0.29, 0.717) is 6.54 Å². The predicted molar refractivity (Wildman–Crippen MR) is 70.5 cm³/mol. The number of nitrogens with one attached hydrogen (secondary N) is 1. The Labute approximate surface area is 113 Å². The molecule has 5 N–H and O–H groups in total. The van der Waals surface area contributed by atoms with Gasteiger partial charge in [-0.2, -0.15) is 0 Å². The largest absolute Gasteiger partial charge is 0.481 e. The van der Waals surface area contributed by atoms with Gasteiger partial charge in [-0.3, -0.25) is 9.59 Å². The second-order valence-corrected chi connectivity index (χ2v) is 5.48. The number of amides is 1. The van der Waals surface area contributed by atoms with Crippen LogP contribution in [0.5, 0.6) is 0 Å². The molecule has 6 heteroatoms. The minimum absolute atomic E-state index is 0.0671. The molecule has 0 radical (unpaired) electrons. The second-order valence-electron chi connectivity index (χ2n) is 5.48. The average molecular weight is 272 g/mol. The number of carboxylic acid groups (broad SMARTS) is 1. The molecule has 1 unspecified atom stereocenters. The van der Waals surface area contributed by atoms with E-state index in [4.69, 9.17) is 10.8 Å². The average Bonchev–Trinajstić information content (AvgIpc) is 2.43. The summed E-state index contributed by atoms with van der Waals surface area (Å²) in [5, 5.41) is 20.8. The molecule has 1 rings (SSSR count). The van der Waals surface area contributed by atoms with Crippen LogP contribution >= 0.6 is 0 Å². The van der Waals surface area contributed by atoms with Crippen molar-refractivity contribution in [3.63, 3.8) is 0 Å². The molecule has 0 aromatic rings. The minimum atomic E-state index is -0.956. The first-order valence-corrected chi connectivity index (χ1v) is 6.85. The van der Waals surface area contributed by atoms with Gasteiger partial charge in [0.05, 0.1) is 12.6 Å². The molecule has 6 nitrogen and oxygen atoms in total. The normalized spacial score (nSPS) is 19.7. The van der Waals surface area contributed by atoms with Crippen LogP contribution in [-0.4, -0.2) is 41.3 Å². The Balaban J connectivity index is 2.37. The van der Waals surface area contributed by atoms with E-state index in [-0.39, 0.29) is 30.8 Å². The molecule has 0 aromatic heterocycles. The zero-order valence-corrected chi connectivity index (χ0v) is 11.2. The van der Waals surface area contributed by atoms with Crippen molar-refractivity contribution in [1.82, 2.24) is 5.32 Å². The van der Waals surface area contributed by atoms with Crippen molar-refractivity contribution in [2.24, 2.45) is 11.1 Å². The number of carboxylic acids is 1. The number of hydrogen-bond acceptors (Lipinski definition) is 4. The lowest BCUT2D eigenvalue weighted by atomic mass is 9.74. The summed E-state index contributed by atoms with van der Waals surface area (Å²) in [6.45, 7) is 0.487. The van der Waals surface area contributed by atoms with Crippen LogP contribution in [0.1, 0.15) is 44.9 Å². The van der Waals surface area contributed by atoms with Gasteiger partial charge in [0.1, 0.15) is 0 Å². The highest BCUT2D eigenvalue weighted by Crippen LogP contribution is 2.35. The van der Waals surface area contributed by atoms with Crippen LogP contribution in [0.2, 0.25) is 0 Å². The molecule has 0 spiro atoms. The van der Waals surface area contributed by atoms with Crippen LogP contribution in [-0.2, 0) is 9.59 Å². The van der Waals surface area contributed by atoms with Gasteiger partial charge in [0.15, 0.2) is 0 Å². The number of aliphatic carboxylic acids is 1. The summed E-state index contributed by atoms with van der Waals surface area (Å²) in [6, 6.07) is -0.796. The summed E-state index contributed by atoms with van der Waals surface area (Å²) in [5.41, 5.74) is 5.41. The fraction of sp³-hybridized carbons (Fsp3) is 0.846. The van der Waals surface area contributed by atoms with E-state index in [0.717, 1.165) is 25.7 Å². The van der Waals surface area contributed by atoms with E-state index in [2.05, 4.69) is 5.32 Å². The predicted octanol–water partition coefficient (Wildman–Crippen LogP) is 0.238. The maximum atomic E-state index is 11.7. The monoisotopic (exact) mass is 272 g/mol. The standard InChI is InChI=1S/C13H24N2O4/c14-10(4-5-11(17)18)12(19)15-8-13(9-16)6-2-1-3-7-13/h10,16H,1-9,14H2,(H,15,19)(H,17,18). The summed E-state index contributed by atoms with van der Waals surface area (Å²) in [7, 11) is 0. The summed E-state index contributed by atoms with van der Waals surface area (Å²) >= 11 is 0. The maximum Gasteiger partial charge on any atom is 0.303 e. The highest BCUT2D eigenvalue weighted by Gasteiger charge is 2.32. The molecule has 0 bridgehead atoms. The van der Waals surface area contributed by atoms with E-state index < -0.39 is 12.0 Å². The molecule has 0 heterocycles. The Kier molecular flexibility index (Phi) is 6.24. The van der Waals surface area contributed by atoms with Crippen LogP contribution in [0.15, 0.2) is 0 Å². The van der Waals surface area contributed by atoms with E-state index in [9.17, 15) is 14.7 Å². The van der Waals surface area contributed by atoms with Gasteiger partial charge in [-0.15, -0.1) is 0 Å². The zero-order valence-electron chi connectivity index (χ0n) is 11.2. The molecule has 1 saturated carbocycles. The van der Waals surface area contributed by atoms with Crippen molar-refractivity contribution in [1.29, 1.82) is 0 Å². The number of nitrogens with two attached hydrogens (primary N) is 1. The lowest BCUT2D eigenvalue weighted by molar-refractivity contribution is -0.137. The van der Waals surface area contributed by atoms with Crippen molar-refractivity contribution in [2.75, 3.05) is 13.2 Å². The second kappa shape index (κ2) is 7.45. The van der Waals surface area contributed by atoms with Crippen molar-refractivity contribution in [3.05, 3.63) is 0 Å². The number of rotatable bonds is 7. The van der Waals surface area contributed by atoms with Crippen molar-refractivity contribution in [3.8, 4) is 0 Å². The lowest BCUT2D eigenvalue weighted by Gasteiger charge is -2.35. The van der Waals surface area contributed by atoms with E-state index in [1.54, 1.807) is 0 Å². The molecule has 1 fully saturated rings. The molecule has 19 heavy (non-hydrogen) atoms. The highest BCUT2D eigenvalue weighted by atomic mass is 16.4. The fourth-order valence-electron chi connectivity index (χ4n) is 2.51. The van der Waals surface area contributed by atoms with Gasteiger partial charge < -0.3 is 21.3 Å². The Morgan fingerprint density at radius 3 is 2.42 bits per heavy atom. The minimum Gasteiger partial charge on any atom is -0.481 e. The van der Waals surface area contributed by atoms with Crippen LogP contribution in [0, 0.1) is 5.41 Å². The fourth-order valence-corrected chi connectivity index (χ4v) is 2.51. The Hall–Kier alpha value is -1.14. The topological polar surface area (TPSA) is 113 Å². The molecule has 0 aliphatic heterocycles. The first-order valence-electron chi connectivity index (χ1n) is 6.85. The summed E-state index contributed by atoms with van der Waals surface area (Å²) in [5.74, 6) is -1.29. The Morgan fingerprint density at radius 1 is 1.26 bits per heavy atom. The van der Waals surface area contributed by atoms with E-state index >= 15 is 0 Å². The molecule has 110 valence electrons. The van der Waals surface area contributed by atoms with Gasteiger partial charge in [0.2, 0.25) is 5.91 Å². The third kappa shape index (κ3) is 5.16. The van der Waals surface area contributed by atoms with E-state index in [1.165, 1.54) is 6.42 Å². The molecule has 1 aliphatic carbocycles. The van der Waals surface area contributed by atoms with Gasteiger partial charge in [-0.25, -0.2) is 0 Å². The molecule has 0 aromatic carbocycles. The zero-order chi connectivity index (χ0) is 14.3. The third-order valence-electron chi connectivity index (χ3n) is 3.89. The number of aliphatic hydroxyl groups is 1.